The van der Waals surface area contributed by atoms with Gasteiger partial charge in [0.05, 0.1) is 7.11 Å². The zero-order chi connectivity index (χ0) is 13.2. The quantitative estimate of drug-likeness (QED) is 0.748. The lowest BCUT2D eigenvalue weighted by Gasteiger charge is -2.13. The molecule has 0 atom stereocenters. The molecule has 0 aliphatic heterocycles. The van der Waals surface area contributed by atoms with E-state index in [0.29, 0.717) is 0 Å². The lowest BCUT2D eigenvalue weighted by Crippen LogP contribution is -2.01. The second kappa shape index (κ2) is 5.08. The molecule has 0 radical (unpaired) electrons. The van der Waals surface area contributed by atoms with E-state index in [1.165, 1.54) is 27.8 Å². The van der Waals surface area contributed by atoms with E-state index >= 15 is 0 Å². The van der Waals surface area contributed by atoms with Crippen LogP contribution in [0, 0.1) is 6.92 Å². The molecule has 1 nitrogen and oxygen atoms in total. The Labute approximate surface area is 115 Å². The van der Waals surface area contributed by atoms with Crippen LogP contribution in [0.3, 0.4) is 0 Å². The van der Waals surface area contributed by atoms with Crippen LogP contribution in [0.5, 0.6) is 5.75 Å². The molecule has 2 aromatic carbocycles. The molecule has 0 unspecified atom stereocenters. The summed E-state index contributed by atoms with van der Waals surface area (Å²) in [5.41, 5.74) is 7.08. The number of aryl methyl sites for hydroxylation is 5. The molecule has 0 saturated heterocycles. The van der Waals surface area contributed by atoms with Gasteiger partial charge in [-0.15, -0.1) is 0 Å². The van der Waals surface area contributed by atoms with E-state index in [9.17, 15) is 0 Å². The fraction of sp³-hybridized carbons (Fsp3) is 0.333. The molecule has 0 aromatic heterocycles. The predicted octanol–water partition coefficient (Wildman–Crippen LogP) is 3.89. The summed E-state index contributed by atoms with van der Waals surface area (Å²) in [7, 11) is 1.75. The van der Waals surface area contributed by atoms with Gasteiger partial charge in [0.2, 0.25) is 0 Å². The minimum absolute atomic E-state index is 0.993. The maximum absolute atomic E-state index is 5.41. The maximum Gasteiger partial charge on any atom is 0.119 e. The lowest BCUT2D eigenvalue weighted by molar-refractivity contribution is 0.413. The summed E-state index contributed by atoms with van der Waals surface area (Å²) < 4.78 is 5.41. The molecular weight excluding hydrogens is 232 g/mol. The van der Waals surface area contributed by atoms with E-state index in [1.807, 2.05) is 0 Å². The molecule has 0 spiro atoms. The fourth-order valence-electron chi connectivity index (χ4n) is 2.95. The zero-order valence-corrected chi connectivity index (χ0v) is 11.7. The molecule has 19 heavy (non-hydrogen) atoms. The molecule has 0 heterocycles. The second-order valence-corrected chi connectivity index (χ2v) is 5.52. The summed E-state index contributed by atoms with van der Waals surface area (Å²) in [6, 6.07) is 13.7. The first-order valence-corrected chi connectivity index (χ1v) is 6.99. The van der Waals surface area contributed by atoms with Crippen molar-refractivity contribution in [3.8, 4) is 5.75 Å². The van der Waals surface area contributed by atoms with Crippen LogP contribution >= 0.6 is 0 Å². The molecule has 2 aromatic rings. The van der Waals surface area contributed by atoms with Crippen LogP contribution in [0.25, 0.3) is 0 Å². The number of rotatable bonds is 1. The van der Waals surface area contributed by atoms with E-state index in [1.54, 1.807) is 7.11 Å². The van der Waals surface area contributed by atoms with Gasteiger partial charge in [0.15, 0.2) is 0 Å². The van der Waals surface area contributed by atoms with Crippen molar-refractivity contribution >= 4 is 0 Å². The third-order valence-corrected chi connectivity index (χ3v) is 3.86. The Kier molecular flexibility index (Phi) is 3.29. The van der Waals surface area contributed by atoms with Gasteiger partial charge in [0.25, 0.3) is 0 Å². The number of hydrogen-bond donors (Lipinski definition) is 0. The molecule has 98 valence electrons. The molecule has 0 amide bonds. The van der Waals surface area contributed by atoms with Gasteiger partial charge in [0.1, 0.15) is 5.75 Å². The Balaban J connectivity index is 1.98. The SMILES string of the molecule is COc1cc2cc(c1)CCc1cc(C)cc(c1)CC2. The Bertz CT molecular complexity index is 554. The van der Waals surface area contributed by atoms with Crippen LogP contribution in [-0.2, 0) is 25.7 Å². The van der Waals surface area contributed by atoms with E-state index < -0.39 is 0 Å². The van der Waals surface area contributed by atoms with E-state index in [-0.39, 0.29) is 0 Å². The van der Waals surface area contributed by atoms with Gasteiger partial charge in [0, 0.05) is 0 Å². The van der Waals surface area contributed by atoms with Crippen molar-refractivity contribution < 1.29 is 4.74 Å². The highest BCUT2D eigenvalue weighted by atomic mass is 16.5. The van der Waals surface area contributed by atoms with Crippen LogP contribution in [0.1, 0.15) is 27.8 Å². The average molecular weight is 252 g/mol. The molecule has 0 saturated carbocycles. The number of hydrogen-bond acceptors (Lipinski definition) is 1. The van der Waals surface area contributed by atoms with Crippen molar-refractivity contribution in [3.05, 3.63) is 64.2 Å². The van der Waals surface area contributed by atoms with Gasteiger partial charge in [-0.1, -0.05) is 29.8 Å². The van der Waals surface area contributed by atoms with Crippen molar-refractivity contribution in [2.45, 2.75) is 32.6 Å². The zero-order valence-electron chi connectivity index (χ0n) is 11.7. The average Bonchev–Trinajstić information content (AvgIpc) is 2.41. The minimum Gasteiger partial charge on any atom is -0.497 e. The normalized spacial score (nSPS) is 14.0. The third kappa shape index (κ3) is 2.81. The van der Waals surface area contributed by atoms with Crippen LogP contribution in [0.4, 0.5) is 0 Å². The van der Waals surface area contributed by atoms with Gasteiger partial charge >= 0.3 is 0 Å². The van der Waals surface area contributed by atoms with Crippen molar-refractivity contribution in [1.82, 2.24) is 0 Å². The van der Waals surface area contributed by atoms with E-state index in [2.05, 4.69) is 43.3 Å². The molecule has 1 aliphatic carbocycles. The largest absolute Gasteiger partial charge is 0.497 e. The highest BCUT2D eigenvalue weighted by Crippen LogP contribution is 2.22. The van der Waals surface area contributed by atoms with Gasteiger partial charge in [-0.25, -0.2) is 0 Å². The first kappa shape index (κ1) is 12.3. The van der Waals surface area contributed by atoms with Gasteiger partial charge in [-0.05, 0) is 67.0 Å². The number of benzene rings is 2. The summed E-state index contributed by atoms with van der Waals surface area (Å²) in [5, 5.41) is 0. The summed E-state index contributed by atoms with van der Waals surface area (Å²) in [5.74, 6) is 0.993. The monoisotopic (exact) mass is 252 g/mol. The molecule has 4 bridgehead atoms. The number of fused-ring (bicyclic) bond motifs is 4. The van der Waals surface area contributed by atoms with Crippen LogP contribution in [-0.4, -0.2) is 7.11 Å². The van der Waals surface area contributed by atoms with Gasteiger partial charge in [-0.3, -0.25) is 0 Å². The van der Waals surface area contributed by atoms with Crippen LogP contribution in [0.15, 0.2) is 36.4 Å². The van der Waals surface area contributed by atoms with E-state index in [0.717, 1.165) is 31.4 Å². The third-order valence-electron chi connectivity index (χ3n) is 3.86. The first-order chi connectivity index (χ1) is 9.22. The van der Waals surface area contributed by atoms with Gasteiger partial charge < -0.3 is 4.74 Å². The number of ether oxygens (including phenoxy) is 1. The smallest absolute Gasteiger partial charge is 0.119 e. The summed E-state index contributed by atoms with van der Waals surface area (Å²) in [4.78, 5) is 0. The lowest BCUT2D eigenvalue weighted by atomic mass is 9.93. The molecule has 0 fully saturated rings. The van der Waals surface area contributed by atoms with Crippen LogP contribution in [0.2, 0.25) is 0 Å². The molecule has 0 N–H and O–H groups in total. The molecule has 3 rings (SSSR count). The standard InChI is InChI=1S/C18H20O/c1-13-7-14-3-5-16-10-17(12-18(11-16)19-2)6-4-15(8-13)9-14/h7-12H,3-6H2,1-2H3. The summed E-state index contributed by atoms with van der Waals surface area (Å²) in [6.45, 7) is 2.20. The minimum atomic E-state index is 0.993. The molecule has 1 aliphatic rings. The molecule has 1 heteroatoms. The molecular formula is C18H20O. The highest BCUT2D eigenvalue weighted by Gasteiger charge is 2.07. The number of methoxy groups -OCH3 is 1. The fourth-order valence-corrected chi connectivity index (χ4v) is 2.95. The summed E-state index contributed by atoms with van der Waals surface area (Å²) >= 11 is 0. The first-order valence-electron chi connectivity index (χ1n) is 6.99. The Morgan fingerprint density at radius 3 is 1.53 bits per heavy atom. The van der Waals surface area contributed by atoms with Crippen molar-refractivity contribution in [2.75, 3.05) is 7.11 Å². The maximum atomic E-state index is 5.41. The highest BCUT2D eigenvalue weighted by molar-refractivity contribution is 5.38. The Hall–Kier alpha value is -1.76. The van der Waals surface area contributed by atoms with Gasteiger partial charge in [-0.2, -0.15) is 0 Å². The van der Waals surface area contributed by atoms with E-state index in [4.69, 9.17) is 4.74 Å². The Morgan fingerprint density at radius 1 is 0.684 bits per heavy atom. The Morgan fingerprint density at radius 2 is 1.11 bits per heavy atom. The topological polar surface area (TPSA) is 9.23 Å². The van der Waals surface area contributed by atoms with Crippen molar-refractivity contribution in [1.29, 1.82) is 0 Å². The van der Waals surface area contributed by atoms with Crippen LogP contribution < -0.4 is 4.74 Å². The summed E-state index contributed by atoms with van der Waals surface area (Å²) in [6.07, 6.45) is 4.41. The predicted molar refractivity (Wildman–Crippen MR) is 79.0 cm³/mol. The second-order valence-electron chi connectivity index (χ2n) is 5.52. The van der Waals surface area contributed by atoms with Crippen molar-refractivity contribution in [2.24, 2.45) is 0 Å². The van der Waals surface area contributed by atoms with Crippen molar-refractivity contribution in [3.63, 3.8) is 0 Å².